The van der Waals surface area contributed by atoms with Gasteiger partial charge in [-0.15, -0.1) is 0 Å². The van der Waals surface area contributed by atoms with Crippen molar-refractivity contribution in [2.24, 2.45) is 5.92 Å². The Labute approximate surface area is 217 Å². The number of nitrogens with one attached hydrogen (secondary N) is 1. The number of benzene rings is 1. The molecule has 1 saturated carbocycles. The van der Waals surface area contributed by atoms with Crippen molar-refractivity contribution in [2.75, 3.05) is 17.7 Å². The summed E-state index contributed by atoms with van der Waals surface area (Å²) < 4.78 is 44.9. The summed E-state index contributed by atoms with van der Waals surface area (Å²) in [5.74, 6) is -0.212. The average Bonchev–Trinajstić information content (AvgIpc) is 3.63. The van der Waals surface area contributed by atoms with Crippen LogP contribution in [-0.4, -0.2) is 32.4 Å². The first-order chi connectivity index (χ1) is 18.2. The minimum atomic E-state index is -0.691. The number of anilines is 2. The molecule has 1 aliphatic rings. The maximum absolute atomic E-state index is 13.9. The van der Waals surface area contributed by atoms with Crippen LogP contribution in [0.3, 0.4) is 0 Å². The van der Waals surface area contributed by atoms with Gasteiger partial charge >= 0.3 is 0 Å². The van der Waals surface area contributed by atoms with Gasteiger partial charge in [-0.1, -0.05) is 12.1 Å². The molecule has 0 spiro atoms. The Morgan fingerprint density at radius 2 is 1.74 bits per heavy atom. The molecule has 38 heavy (non-hydrogen) atoms. The molecule has 3 N–H and O–H groups in total. The number of carbonyl (C=O) groups is 1. The average molecular weight is 523 g/mol. The molecule has 3 heterocycles. The summed E-state index contributed by atoms with van der Waals surface area (Å²) in [6, 6.07) is 11.5. The molecule has 0 radical (unpaired) electrons. The van der Waals surface area contributed by atoms with Crippen molar-refractivity contribution in [1.82, 2.24) is 19.9 Å². The third-order valence-corrected chi connectivity index (χ3v) is 6.06. The molecule has 0 unspecified atom stereocenters. The van der Waals surface area contributed by atoms with Gasteiger partial charge in [0.05, 0.1) is 36.8 Å². The predicted molar refractivity (Wildman–Crippen MR) is 135 cm³/mol. The molecule has 0 saturated heterocycles. The van der Waals surface area contributed by atoms with Crippen molar-refractivity contribution < 1.29 is 22.7 Å². The summed E-state index contributed by atoms with van der Waals surface area (Å²) in [6.45, 7) is 3.77. The quantitative estimate of drug-likeness (QED) is 0.382. The summed E-state index contributed by atoms with van der Waals surface area (Å²) in [7, 11) is 0. The summed E-state index contributed by atoms with van der Waals surface area (Å²) in [5.41, 5.74) is 5.83. The lowest BCUT2D eigenvalue weighted by atomic mass is 9.93. The highest BCUT2D eigenvalue weighted by Crippen LogP contribution is 2.55. The Hall–Kier alpha value is -4.54. The van der Waals surface area contributed by atoms with E-state index in [1.165, 1.54) is 36.4 Å². The third kappa shape index (κ3) is 6.41. The van der Waals surface area contributed by atoms with Gasteiger partial charge in [-0.25, -0.2) is 33.1 Å². The number of pyridine rings is 2. The van der Waals surface area contributed by atoms with Crippen LogP contribution < -0.4 is 15.8 Å². The number of nitrogens with two attached hydrogens (primary N) is 1. The molecule has 1 aliphatic carbocycles. The lowest BCUT2D eigenvalue weighted by Crippen LogP contribution is -2.27. The maximum atomic E-state index is 13.9. The van der Waals surface area contributed by atoms with Crippen LogP contribution in [-0.2, 0) is 10.2 Å². The Bertz CT molecular complexity index is 1400. The fourth-order valence-corrected chi connectivity index (χ4v) is 3.98. The van der Waals surface area contributed by atoms with E-state index in [-0.39, 0.29) is 30.0 Å². The van der Waals surface area contributed by atoms with Crippen molar-refractivity contribution in [3.63, 3.8) is 0 Å². The van der Waals surface area contributed by atoms with E-state index in [9.17, 15) is 18.0 Å². The molecule has 1 aromatic carbocycles. The molecule has 196 valence electrons. The minimum Gasteiger partial charge on any atom is -0.489 e. The number of nitrogens with zero attached hydrogens (tertiary/aromatic N) is 4. The summed E-state index contributed by atoms with van der Waals surface area (Å²) >= 11 is 0. The van der Waals surface area contributed by atoms with Crippen LogP contribution in [0.5, 0.6) is 5.75 Å². The number of ether oxygens (including phenoxy) is 1. The van der Waals surface area contributed by atoms with Crippen LogP contribution in [0.2, 0.25) is 0 Å². The van der Waals surface area contributed by atoms with Crippen LogP contribution in [0.15, 0.2) is 67.1 Å². The van der Waals surface area contributed by atoms with Crippen LogP contribution in [0, 0.1) is 37.2 Å². The number of aryl methyl sites for hydroxylation is 2. The zero-order valence-electron chi connectivity index (χ0n) is 20.7. The normalized spacial score (nSPS) is 17.7. The van der Waals surface area contributed by atoms with E-state index in [1.807, 2.05) is 6.92 Å². The largest absolute Gasteiger partial charge is 0.489 e. The zero-order chi connectivity index (χ0) is 27.3. The number of amides is 1. The van der Waals surface area contributed by atoms with E-state index in [0.29, 0.717) is 35.1 Å². The lowest BCUT2D eigenvalue weighted by Gasteiger charge is -2.19. The Kier molecular flexibility index (Phi) is 7.85. The Morgan fingerprint density at radius 3 is 2.34 bits per heavy atom. The third-order valence-electron chi connectivity index (χ3n) is 6.06. The molecular formula is C27H25F3N6O2. The molecular weight excluding hydrogens is 497 g/mol. The molecule has 3 aromatic heterocycles. The van der Waals surface area contributed by atoms with Crippen molar-refractivity contribution >= 4 is 17.5 Å². The highest BCUT2D eigenvalue weighted by molar-refractivity contribution is 5.95. The predicted octanol–water partition coefficient (Wildman–Crippen LogP) is 4.54. The van der Waals surface area contributed by atoms with Crippen LogP contribution in [0.25, 0.3) is 0 Å². The number of halogens is 3. The monoisotopic (exact) mass is 522 g/mol. The van der Waals surface area contributed by atoms with E-state index in [0.717, 1.165) is 12.4 Å². The molecule has 4 aromatic rings. The van der Waals surface area contributed by atoms with Gasteiger partial charge in [0.2, 0.25) is 5.91 Å². The molecule has 0 aliphatic heterocycles. The van der Waals surface area contributed by atoms with E-state index in [1.54, 1.807) is 25.3 Å². The summed E-state index contributed by atoms with van der Waals surface area (Å²) in [4.78, 5) is 28.6. The number of aromatic nitrogens is 4. The van der Waals surface area contributed by atoms with Crippen molar-refractivity contribution in [3.8, 4) is 5.75 Å². The second-order valence-electron chi connectivity index (χ2n) is 8.83. The summed E-state index contributed by atoms with van der Waals surface area (Å²) in [6.07, 6.45) is 4.19. The molecule has 0 bridgehead atoms. The van der Waals surface area contributed by atoms with Gasteiger partial charge in [-0.3, -0.25) is 4.79 Å². The van der Waals surface area contributed by atoms with Gasteiger partial charge < -0.3 is 15.8 Å². The second kappa shape index (κ2) is 11.2. The van der Waals surface area contributed by atoms with Gasteiger partial charge in [-0.05, 0) is 62.2 Å². The van der Waals surface area contributed by atoms with Gasteiger partial charge in [0.25, 0.3) is 0 Å². The molecule has 1 amide bonds. The van der Waals surface area contributed by atoms with Gasteiger partial charge in [-0.2, -0.15) is 0 Å². The van der Waals surface area contributed by atoms with Gasteiger partial charge in [0, 0.05) is 5.41 Å². The number of hydrogen-bond donors (Lipinski definition) is 2. The van der Waals surface area contributed by atoms with Crippen LogP contribution >= 0.6 is 0 Å². The first-order valence-electron chi connectivity index (χ1n) is 11.6. The smallest absolute Gasteiger partial charge is 0.229 e. The molecule has 8 nitrogen and oxygen atoms in total. The van der Waals surface area contributed by atoms with Gasteiger partial charge in [0.1, 0.15) is 34.9 Å². The van der Waals surface area contributed by atoms with E-state index < -0.39 is 17.2 Å². The number of rotatable bonds is 6. The molecule has 11 heteroatoms. The van der Waals surface area contributed by atoms with Crippen molar-refractivity contribution in [1.29, 1.82) is 0 Å². The number of nitrogen functional groups attached to an aromatic ring is 1. The standard InChI is InChI=1S/C22H20F2N4O2.C5H5FN2/c1-13-19(11-25-14(2)27-13)30-12-22(15-4-3-5-16(23)8-15)9-18(22)21(29)28-20-7-6-17(24)10-26-20;6-4-1-2-5(7)8-3-4/h3-8,10-11,18H,9,12H2,1-2H3,(H,26,28,29);1-3H,(H2,7,8)/t18-,22+;/m0./s1. The minimum absolute atomic E-state index is 0.165. The highest BCUT2D eigenvalue weighted by atomic mass is 19.1. The lowest BCUT2D eigenvalue weighted by molar-refractivity contribution is -0.117. The fourth-order valence-electron chi connectivity index (χ4n) is 3.98. The van der Waals surface area contributed by atoms with Crippen LogP contribution in [0.1, 0.15) is 23.5 Å². The molecule has 5 rings (SSSR count). The second-order valence-corrected chi connectivity index (χ2v) is 8.83. The zero-order valence-corrected chi connectivity index (χ0v) is 20.7. The van der Waals surface area contributed by atoms with Crippen molar-refractivity contribution in [2.45, 2.75) is 25.7 Å². The summed E-state index contributed by atoms with van der Waals surface area (Å²) in [5, 5.41) is 2.70. The number of carbonyl (C=O) groups excluding carboxylic acids is 1. The topological polar surface area (TPSA) is 116 Å². The SMILES string of the molecule is Cc1ncc(OC[C@@]2(c3cccc(F)c3)C[C@H]2C(=O)Nc2ccc(F)cn2)c(C)n1.Nc1ccc(F)cn1. The fraction of sp³-hybridized carbons (Fsp3) is 0.222. The van der Waals surface area contributed by atoms with E-state index >= 15 is 0 Å². The van der Waals surface area contributed by atoms with E-state index in [2.05, 4.69) is 25.3 Å². The number of hydrogen-bond acceptors (Lipinski definition) is 7. The van der Waals surface area contributed by atoms with Gasteiger partial charge in [0.15, 0.2) is 5.75 Å². The van der Waals surface area contributed by atoms with Crippen molar-refractivity contribution in [3.05, 3.63) is 102 Å². The first-order valence-corrected chi connectivity index (χ1v) is 11.6. The first kappa shape index (κ1) is 26.5. The molecule has 2 atom stereocenters. The maximum Gasteiger partial charge on any atom is 0.229 e. The van der Waals surface area contributed by atoms with E-state index in [4.69, 9.17) is 10.5 Å². The Morgan fingerprint density at radius 1 is 1.00 bits per heavy atom. The molecule has 1 fully saturated rings. The van der Waals surface area contributed by atoms with Crippen LogP contribution in [0.4, 0.5) is 24.8 Å². The Balaban J connectivity index is 0.000000360. The highest BCUT2D eigenvalue weighted by Gasteiger charge is 2.60.